The molecule has 49 heavy (non-hydrogen) atoms. The summed E-state index contributed by atoms with van der Waals surface area (Å²) in [5.74, 6) is 0. The van der Waals surface area contributed by atoms with E-state index < -0.39 is 0 Å². The van der Waals surface area contributed by atoms with Crippen LogP contribution in [0.5, 0.6) is 0 Å². The van der Waals surface area contributed by atoms with Gasteiger partial charge in [0, 0.05) is 26.6 Å². The van der Waals surface area contributed by atoms with Crippen molar-refractivity contribution in [3.05, 3.63) is 84.0 Å². The van der Waals surface area contributed by atoms with Crippen LogP contribution in [0, 0.1) is 0 Å². The van der Waals surface area contributed by atoms with Crippen molar-refractivity contribution in [2.24, 2.45) is 9.98 Å². The Morgan fingerprint density at radius 3 is 1.39 bits per heavy atom. The number of allylic oxidation sites excluding steroid dienone is 4. The molecule has 0 fully saturated rings. The normalized spacial score (nSPS) is 12.1. The van der Waals surface area contributed by atoms with Crippen LogP contribution in [0.2, 0.25) is 0 Å². The van der Waals surface area contributed by atoms with Gasteiger partial charge in [0.2, 0.25) is 0 Å². The monoisotopic (exact) mass is 758 g/mol. The number of hydrogen-bond acceptors (Lipinski definition) is 2. The molecule has 0 atom stereocenters. The van der Waals surface area contributed by atoms with Gasteiger partial charge in [-0.05, 0) is 100 Å². The minimum absolute atomic E-state index is 0. The zero-order chi connectivity index (χ0) is 34.2. The SMILES string of the molecule is CCCCCCCCCC=CCCCc1ccccc1N=CC(CCCC)=Nc1ccccc1CCCC=CCCCCCCCCC.[Pd]. The number of unbranched alkanes of at least 4 members (excludes halogenated alkanes) is 17. The molecular formula is C46H72N2Pd. The molecule has 276 valence electrons. The predicted octanol–water partition coefficient (Wildman–Crippen LogP) is 15.4. The Bertz CT molecular complexity index is 1160. The summed E-state index contributed by atoms with van der Waals surface area (Å²) in [7, 11) is 0. The van der Waals surface area contributed by atoms with Gasteiger partial charge in [0.25, 0.3) is 0 Å². The smallest absolute Gasteiger partial charge is 0.0665 e. The van der Waals surface area contributed by atoms with Gasteiger partial charge >= 0.3 is 0 Å². The molecule has 0 aliphatic rings. The molecule has 0 amide bonds. The van der Waals surface area contributed by atoms with Gasteiger partial charge < -0.3 is 0 Å². The molecule has 2 rings (SSSR count). The first-order chi connectivity index (χ1) is 23.8. The van der Waals surface area contributed by atoms with E-state index in [1.165, 1.54) is 127 Å². The molecule has 0 aliphatic carbocycles. The van der Waals surface area contributed by atoms with Crippen LogP contribution in [0.15, 0.2) is 82.8 Å². The number of hydrogen-bond donors (Lipinski definition) is 0. The third-order valence-electron chi connectivity index (χ3n) is 9.30. The summed E-state index contributed by atoms with van der Waals surface area (Å²) in [6, 6.07) is 17.4. The van der Waals surface area contributed by atoms with Crippen molar-refractivity contribution >= 4 is 23.3 Å². The molecule has 0 bridgehead atoms. The Balaban J connectivity index is 0.0000120. The Hall–Kier alpha value is -2.08. The Labute approximate surface area is 317 Å². The van der Waals surface area contributed by atoms with Gasteiger partial charge in [-0.15, -0.1) is 0 Å². The molecule has 0 saturated carbocycles. The zero-order valence-electron chi connectivity index (χ0n) is 31.9. The predicted molar refractivity (Wildman–Crippen MR) is 217 cm³/mol. The van der Waals surface area contributed by atoms with Crippen LogP contribution in [-0.2, 0) is 33.3 Å². The number of rotatable bonds is 30. The molecule has 0 aliphatic heterocycles. The quantitative estimate of drug-likeness (QED) is 0.0328. The van der Waals surface area contributed by atoms with E-state index in [1.807, 2.05) is 6.21 Å². The number of para-hydroxylation sites is 2. The van der Waals surface area contributed by atoms with Gasteiger partial charge in [-0.3, -0.25) is 9.98 Å². The van der Waals surface area contributed by atoms with Crippen LogP contribution in [0.25, 0.3) is 0 Å². The molecule has 0 N–H and O–H groups in total. The van der Waals surface area contributed by atoms with E-state index in [1.54, 1.807) is 0 Å². The number of aryl methyl sites for hydroxylation is 2. The summed E-state index contributed by atoms with van der Waals surface area (Å²) in [4.78, 5) is 10.2. The van der Waals surface area contributed by atoms with Crippen molar-refractivity contribution in [1.82, 2.24) is 0 Å². The average Bonchev–Trinajstić information content (AvgIpc) is 3.11. The minimum Gasteiger partial charge on any atom is -0.255 e. The fourth-order valence-electron chi connectivity index (χ4n) is 6.22. The van der Waals surface area contributed by atoms with Crippen LogP contribution in [0.3, 0.4) is 0 Å². The summed E-state index contributed by atoms with van der Waals surface area (Å²) in [5.41, 5.74) is 5.97. The second kappa shape index (κ2) is 33.1. The first-order valence-electron chi connectivity index (χ1n) is 20.4. The molecule has 0 spiro atoms. The van der Waals surface area contributed by atoms with Gasteiger partial charge in [-0.25, -0.2) is 0 Å². The van der Waals surface area contributed by atoms with E-state index in [4.69, 9.17) is 9.98 Å². The molecule has 2 nitrogen and oxygen atoms in total. The number of nitrogens with zero attached hydrogens (tertiary/aromatic N) is 2. The topological polar surface area (TPSA) is 24.7 Å². The Kier molecular flexibility index (Phi) is 30.3. The Morgan fingerprint density at radius 2 is 0.878 bits per heavy atom. The third kappa shape index (κ3) is 23.9. The molecule has 0 aromatic heterocycles. The van der Waals surface area contributed by atoms with E-state index in [0.717, 1.165) is 62.0 Å². The van der Waals surface area contributed by atoms with Crippen LogP contribution >= 0.6 is 0 Å². The van der Waals surface area contributed by atoms with Crippen LogP contribution in [0.4, 0.5) is 11.4 Å². The van der Waals surface area contributed by atoms with Crippen LogP contribution in [-0.4, -0.2) is 11.9 Å². The van der Waals surface area contributed by atoms with E-state index >= 15 is 0 Å². The maximum absolute atomic E-state index is 5.19. The van der Waals surface area contributed by atoms with Crippen molar-refractivity contribution in [2.75, 3.05) is 0 Å². The van der Waals surface area contributed by atoms with Gasteiger partial charge in [-0.1, -0.05) is 165 Å². The summed E-state index contributed by atoms with van der Waals surface area (Å²) in [6.07, 6.45) is 43.4. The zero-order valence-corrected chi connectivity index (χ0v) is 33.4. The summed E-state index contributed by atoms with van der Waals surface area (Å²) >= 11 is 0. The molecular weight excluding hydrogens is 687 g/mol. The number of benzene rings is 2. The fraction of sp³-hybridized carbons (Fsp3) is 0.609. The van der Waals surface area contributed by atoms with Gasteiger partial charge in [-0.2, -0.15) is 0 Å². The van der Waals surface area contributed by atoms with E-state index in [2.05, 4.69) is 93.6 Å². The minimum atomic E-state index is 0. The molecule has 0 saturated heterocycles. The van der Waals surface area contributed by atoms with E-state index in [9.17, 15) is 0 Å². The first kappa shape index (κ1) is 44.9. The van der Waals surface area contributed by atoms with Crippen LogP contribution in [0.1, 0.15) is 180 Å². The number of aliphatic imine (C=N–C) groups is 2. The third-order valence-corrected chi connectivity index (χ3v) is 9.30. The Morgan fingerprint density at radius 1 is 0.469 bits per heavy atom. The largest absolute Gasteiger partial charge is 0.255 e. The second-order valence-corrected chi connectivity index (χ2v) is 13.8. The average molecular weight is 760 g/mol. The van der Waals surface area contributed by atoms with Crippen molar-refractivity contribution in [3.8, 4) is 0 Å². The maximum Gasteiger partial charge on any atom is 0.0665 e. The summed E-state index contributed by atoms with van der Waals surface area (Å²) < 4.78 is 0. The first-order valence-corrected chi connectivity index (χ1v) is 20.4. The molecule has 2 aromatic rings. The van der Waals surface area contributed by atoms with Crippen molar-refractivity contribution in [3.63, 3.8) is 0 Å². The molecule has 0 heterocycles. The molecule has 3 heteroatoms. The van der Waals surface area contributed by atoms with Crippen molar-refractivity contribution < 1.29 is 20.4 Å². The maximum atomic E-state index is 5.19. The fourth-order valence-corrected chi connectivity index (χ4v) is 6.22. The van der Waals surface area contributed by atoms with Gasteiger partial charge in [0.05, 0.1) is 17.1 Å². The summed E-state index contributed by atoms with van der Waals surface area (Å²) in [5, 5.41) is 0. The molecule has 0 radical (unpaired) electrons. The van der Waals surface area contributed by atoms with Gasteiger partial charge in [0.15, 0.2) is 0 Å². The van der Waals surface area contributed by atoms with Crippen molar-refractivity contribution in [2.45, 2.75) is 181 Å². The second-order valence-electron chi connectivity index (χ2n) is 13.8. The van der Waals surface area contributed by atoms with E-state index in [0.29, 0.717) is 0 Å². The van der Waals surface area contributed by atoms with E-state index in [-0.39, 0.29) is 20.4 Å². The van der Waals surface area contributed by atoms with Crippen molar-refractivity contribution in [1.29, 1.82) is 0 Å². The molecule has 0 unspecified atom stereocenters. The standard InChI is InChI=1S/C46H72N2.Pd/c1-4-7-10-12-14-16-18-20-22-24-26-28-34-42-36-30-32-39-45(42)47-41-44(38-9-6-3)48-46-40-33-31-37-43(46)35-29-27-25-23-21-19-17-15-13-11-8-5-2;/h22-25,30-33,36-37,39-41H,4-21,26-29,34-35,38H2,1-3H3;. The van der Waals surface area contributed by atoms with Gasteiger partial charge in [0.1, 0.15) is 0 Å². The van der Waals surface area contributed by atoms with Crippen LogP contribution < -0.4 is 0 Å². The summed E-state index contributed by atoms with van der Waals surface area (Å²) in [6.45, 7) is 6.83. The molecule has 2 aromatic carbocycles.